The highest BCUT2D eigenvalue weighted by Gasteiger charge is 2.32. The number of nitrogens with one attached hydrogen (secondary N) is 3. The van der Waals surface area contributed by atoms with Crippen molar-refractivity contribution in [2.24, 2.45) is 0 Å². The molecule has 0 radical (unpaired) electrons. The number of likely N-dealkylation sites (N-methyl/N-ethyl adjacent to an activating group) is 1. The number of nitriles is 3. The van der Waals surface area contributed by atoms with Crippen LogP contribution in [0.3, 0.4) is 0 Å². The van der Waals surface area contributed by atoms with Crippen LogP contribution in [0.4, 0.5) is 4.79 Å². The highest BCUT2D eigenvalue weighted by atomic mass is 32.1. The van der Waals surface area contributed by atoms with Crippen LogP contribution in [-0.2, 0) is 28.9 Å². The fourth-order valence-electron chi connectivity index (χ4n) is 12.9. The van der Waals surface area contributed by atoms with Crippen molar-refractivity contribution >= 4 is 51.9 Å². The minimum Gasteiger partial charge on any atom is -0.490 e. The Kier molecular flexibility index (Phi) is 23.1. The van der Waals surface area contributed by atoms with Crippen molar-refractivity contribution in [1.82, 2.24) is 51.1 Å². The number of likely N-dealkylation sites (tertiary alicyclic amines) is 1. The van der Waals surface area contributed by atoms with Gasteiger partial charge in [-0.1, -0.05) is 77.3 Å². The van der Waals surface area contributed by atoms with Crippen LogP contribution in [0.25, 0.3) is 63.3 Å². The Balaban J connectivity index is 0.000000152. The Bertz CT molecular complexity index is 4600. The van der Waals surface area contributed by atoms with Gasteiger partial charge in [0, 0.05) is 73.3 Å². The Morgan fingerprint density at radius 2 is 1.00 bits per heavy atom. The lowest BCUT2D eigenvalue weighted by molar-refractivity contribution is -0.136. The van der Waals surface area contributed by atoms with E-state index in [2.05, 4.69) is 83.8 Å². The Labute approximate surface area is 594 Å². The molecule has 0 saturated carbocycles. The topological polar surface area (TPSA) is 298 Å². The van der Waals surface area contributed by atoms with Crippen molar-refractivity contribution in [1.29, 1.82) is 15.8 Å². The van der Waals surface area contributed by atoms with Crippen molar-refractivity contribution in [2.75, 3.05) is 40.3 Å². The van der Waals surface area contributed by atoms with Gasteiger partial charge < -0.3 is 50.2 Å². The second-order valence-corrected chi connectivity index (χ2v) is 28.8. The number of aromatic nitrogens is 5. The number of aliphatic hydroxyl groups is 1. The van der Waals surface area contributed by atoms with Gasteiger partial charge in [-0.3, -0.25) is 9.59 Å². The van der Waals surface area contributed by atoms with E-state index in [1.54, 1.807) is 53.4 Å². The van der Waals surface area contributed by atoms with Crippen molar-refractivity contribution in [3.8, 4) is 98.8 Å². The van der Waals surface area contributed by atoms with Crippen molar-refractivity contribution in [3.63, 3.8) is 0 Å². The summed E-state index contributed by atoms with van der Waals surface area (Å²) in [5.74, 6) is 0.927. The monoisotopic (exact) mass is 1400 g/mol. The van der Waals surface area contributed by atoms with Gasteiger partial charge in [-0.25, -0.2) is 9.78 Å². The molecule has 4 aliphatic rings. The number of carbonyl (C=O) groups is 3. The minimum absolute atomic E-state index is 0.00410. The summed E-state index contributed by atoms with van der Waals surface area (Å²) in [5, 5.41) is 78.8. The van der Waals surface area contributed by atoms with Crippen LogP contribution in [0.1, 0.15) is 142 Å². The number of fused-ring (bicyclic) bond motifs is 3. The van der Waals surface area contributed by atoms with E-state index in [0.29, 0.717) is 53.6 Å². The maximum atomic E-state index is 12.8. The lowest BCUT2D eigenvalue weighted by Crippen LogP contribution is -2.47. The maximum absolute atomic E-state index is 12.8. The van der Waals surface area contributed by atoms with E-state index < -0.39 is 12.1 Å². The third-order valence-corrected chi connectivity index (χ3v) is 20.6. The Hall–Kier alpha value is -9.97. The van der Waals surface area contributed by atoms with Crippen LogP contribution in [0.2, 0.25) is 0 Å². The number of urea groups is 1. The molecule has 1 fully saturated rings. The molecule has 6 aromatic carbocycles. The largest absolute Gasteiger partial charge is 0.490 e. The average Bonchev–Trinajstić information content (AvgIpc) is 1.65. The number of aliphatic carboxylic acids is 1. The molecule has 0 bridgehead atoms. The number of amides is 3. The first kappa shape index (κ1) is 71.3. The molecule has 1 saturated heterocycles. The number of ether oxygens (including phenoxy) is 3. The maximum Gasteiger partial charge on any atom is 0.317 e. The van der Waals surface area contributed by atoms with Crippen LogP contribution in [-0.4, -0.2) is 128 Å². The van der Waals surface area contributed by atoms with E-state index in [-0.39, 0.29) is 54.9 Å². The second-order valence-electron chi connectivity index (χ2n) is 25.9. The number of nitrogens with zero attached hydrogens (tertiary/aromatic N) is 10. The number of benzene rings is 6. The molecular weight excluding hydrogens is 1320 g/mol. The van der Waals surface area contributed by atoms with E-state index in [0.717, 1.165) is 126 Å². The first-order valence-electron chi connectivity index (χ1n) is 33.5. The number of aliphatic hydroxyl groups excluding tert-OH is 1. The zero-order chi connectivity index (χ0) is 70.7. The van der Waals surface area contributed by atoms with Gasteiger partial charge in [-0.05, 0) is 186 Å². The molecule has 0 spiro atoms. The van der Waals surface area contributed by atoms with Crippen LogP contribution >= 0.6 is 34.0 Å². The summed E-state index contributed by atoms with van der Waals surface area (Å²) in [4.78, 5) is 44.7. The average molecular weight is 1400 g/mol. The molecule has 9 aromatic rings. The molecule has 5 N–H and O–H groups in total. The molecule has 3 aliphatic carbocycles. The number of thiazole rings is 1. The van der Waals surface area contributed by atoms with Crippen LogP contribution in [0.5, 0.6) is 17.2 Å². The van der Waals surface area contributed by atoms with Crippen LogP contribution < -0.4 is 30.2 Å². The predicted octanol–water partition coefficient (Wildman–Crippen LogP) is 13.7. The zero-order valence-corrected chi connectivity index (χ0v) is 59.5. The summed E-state index contributed by atoms with van der Waals surface area (Å²) in [6.45, 7) is 12.9. The third kappa shape index (κ3) is 16.8. The first-order chi connectivity index (χ1) is 48.2. The first-order valence-corrected chi connectivity index (χ1v) is 36.0. The molecule has 0 unspecified atom stereocenters. The number of piperidine rings is 1. The van der Waals surface area contributed by atoms with E-state index in [9.17, 15) is 35.3 Å². The molecule has 3 amide bonds. The molecule has 4 atom stereocenters. The predicted molar refractivity (Wildman–Crippen MR) is 387 cm³/mol. The molecule has 3 aromatic heterocycles. The van der Waals surface area contributed by atoms with Gasteiger partial charge in [0.25, 0.3) is 0 Å². The molecule has 1 aliphatic heterocycles. The minimum atomic E-state index is -0.861. The summed E-state index contributed by atoms with van der Waals surface area (Å²) in [7, 11) is 3.53. The number of carboxylic acid groups (broad SMARTS) is 1. The molecule has 24 heteroatoms. The Morgan fingerprint density at radius 1 is 0.570 bits per heavy atom. The molecule has 514 valence electrons. The summed E-state index contributed by atoms with van der Waals surface area (Å²) in [6.07, 6.45) is 8.33. The number of β-amino-alcohol motifs (C(OH)–C–C–N with tert-alkyl or cyclic N) is 1. The van der Waals surface area contributed by atoms with Gasteiger partial charge in [0.05, 0.1) is 65.1 Å². The number of hydrogen-bond acceptors (Lipinski definition) is 20. The molecule has 21 nitrogen and oxygen atoms in total. The molecule has 13 rings (SSSR count). The summed E-state index contributed by atoms with van der Waals surface area (Å²) >= 11 is 4.59. The Morgan fingerprint density at radius 3 is 1.45 bits per heavy atom. The van der Waals surface area contributed by atoms with Crippen molar-refractivity contribution < 1.29 is 38.8 Å². The van der Waals surface area contributed by atoms with E-state index >= 15 is 0 Å². The quantitative estimate of drug-likeness (QED) is 0.0502. The number of hydrogen-bond donors (Lipinski definition) is 5. The highest BCUT2D eigenvalue weighted by molar-refractivity contribution is 7.18. The number of carbonyl (C=O) groups excluding carboxylic acids is 2. The molecule has 4 heterocycles. The van der Waals surface area contributed by atoms with Gasteiger partial charge in [-0.2, -0.15) is 15.8 Å². The fourth-order valence-corrected chi connectivity index (χ4v) is 15.6. The molecular formula is C76H79N13O8S3. The second kappa shape index (κ2) is 32.4. The van der Waals surface area contributed by atoms with E-state index in [4.69, 9.17) is 19.3 Å². The van der Waals surface area contributed by atoms with Gasteiger partial charge in [0.15, 0.2) is 0 Å². The lowest BCUT2D eigenvalue weighted by Gasteiger charge is -2.31. The van der Waals surface area contributed by atoms with Crippen LogP contribution in [0, 0.1) is 34.0 Å². The number of rotatable bonds is 19. The SMILES string of the molecule is CC(C)Oc1ccc(-c2ncc(-c3cccc4c3CC[C@H]4NC(=O)N3CCC[C@H](O)C3)s2)cc1C#N.CC(C)Oc1ccc(-c2nnc(-c3cccc4c3CC[C@@H]4NCC(=O)N(C)C)s2)cc1C#N.CC(C)Oc1ccc(-c2nnc(-c3cccc4c3CC[C@@H]4NCC(=O)O)s2)cc1C#N. The van der Waals surface area contributed by atoms with Gasteiger partial charge >= 0.3 is 12.0 Å². The van der Waals surface area contributed by atoms with Gasteiger partial charge in [0.2, 0.25) is 5.91 Å². The lowest BCUT2D eigenvalue weighted by atomic mass is 10.0. The summed E-state index contributed by atoms with van der Waals surface area (Å²) in [6, 6.07) is 41.8. The normalized spacial score (nSPS) is 16.4. The number of carboxylic acids is 1. The summed E-state index contributed by atoms with van der Waals surface area (Å²) < 4.78 is 17.2. The third-order valence-electron chi connectivity index (χ3n) is 17.5. The summed E-state index contributed by atoms with van der Waals surface area (Å²) in [5.41, 5.74) is 14.4. The van der Waals surface area contributed by atoms with Crippen LogP contribution in [0.15, 0.2) is 115 Å². The zero-order valence-electron chi connectivity index (χ0n) is 57.0. The highest BCUT2D eigenvalue weighted by Crippen LogP contribution is 2.45. The standard InChI is InChI=1S/C28H30N4O3S.C25H27N5O2S.C23H22N4O3S/c1-17(2)35-25-11-8-18(13-19(25)14-29)27-30-15-26(36-27)23-7-3-6-22-21(23)9-10-24(22)31-28(34)32-12-4-5-20(33)16-32;1-15(2)32-22-11-8-16(12-17(22)13-26)24-28-29-25(33-24)20-7-5-6-19-18(20)9-10-21(19)27-14-23(31)30(3)4;1-13(2)30-20-9-6-14(10-15(20)11-24)22-26-27-23(31-22)18-5-3-4-17-16(18)7-8-19(17)25-12-21(28)29/h3,6-8,11,13,15,17,20,24,33H,4-5,9-10,12,16H2,1-2H3,(H,31,34);5-8,11-12,15,21,27H,9-10,14H2,1-4H3;3-6,9-10,13,19,25H,7-8,12H2,1-2H3,(H,28,29)/t20-,24+;21-;19-/m000/s1. The smallest absolute Gasteiger partial charge is 0.317 e. The van der Waals surface area contributed by atoms with Crippen molar-refractivity contribution in [3.05, 3.63) is 165 Å². The van der Waals surface area contributed by atoms with Gasteiger partial charge in [-0.15, -0.1) is 31.7 Å². The van der Waals surface area contributed by atoms with Crippen molar-refractivity contribution in [2.45, 2.75) is 135 Å². The molecule has 100 heavy (non-hydrogen) atoms. The van der Waals surface area contributed by atoms with E-state index in [1.165, 1.54) is 44.9 Å². The fraction of sp³-hybridized carbons (Fsp3) is 0.355. The van der Waals surface area contributed by atoms with Gasteiger partial charge in [0.1, 0.15) is 60.5 Å². The van der Waals surface area contributed by atoms with E-state index in [1.807, 2.05) is 114 Å².